The minimum absolute atomic E-state index is 0.0195. The van der Waals surface area contributed by atoms with Crippen LogP contribution in [0.15, 0.2) is 18.2 Å². The molecule has 1 aromatic heterocycles. The molecule has 1 aromatic rings. The van der Waals surface area contributed by atoms with E-state index in [0.717, 1.165) is 38.5 Å². The smallest absolute Gasteiger partial charge is 0.433 e. The van der Waals surface area contributed by atoms with Gasteiger partial charge in [-0.15, -0.1) is 0 Å². The van der Waals surface area contributed by atoms with Gasteiger partial charge in [0, 0.05) is 19.2 Å². The molecule has 110 valence electrons. The number of ether oxygens (including phenoxy) is 1. The van der Waals surface area contributed by atoms with Gasteiger partial charge in [0.1, 0.15) is 5.69 Å². The van der Waals surface area contributed by atoms with E-state index in [4.69, 9.17) is 4.74 Å². The predicted octanol–water partition coefficient (Wildman–Crippen LogP) is 1.87. The Morgan fingerprint density at radius 1 is 1.30 bits per heavy atom. The lowest BCUT2D eigenvalue weighted by molar-refractivity contribution is -0.141. The van der Waals surface area contributed by atoms with Crippen molar-refractivity contribution in [2.75, 3.05) is 19.6 Å². The predicted molar refractivity (Wildman–Crippen MR) is 66.3 cm³/mol. The van der Waals surface area contributed by atoms with Gasteiger partial charge in [0.25, 0.3) is 0 Å². The summed E-state index contributed by atoms with van der Waals surface area (Å²) in [5.41, 5.74) is -0.922. The molecular weight excluding hydrogens is 271 g/mol. The van der Waals surface area contributed by atoms with Gasteiger partial charge >= 0.3 is 6.18 Å². The van der Waals surface area contributed by atoms with Gasteiger partial charge in [-0.3, -0.25) is 10.2 Å². The molecule has 1 N–H and O–H groups in total. The van der Waals surface area contributed by atoms with Gasteiger partial charge in [-0.1, -0.05) is 6.07 Å². The number of halogens is 3. The highest BCUT2D eigenvalue weighted by Gasteiger charge is 2.37. The van der Waals surface area contributed by atoms with Crippen LogP contribution in [0.4, 0.5) is 13.2 Å². The largest absolute Gasteiger partial charge is 0.457 e. The maximum absolute atomic E-state index is 12.6. The molecular formula is C13H16F3N3O. The van der Waals surface area contributed by atoms with Crippen LogP contribution in [0.25, 0.3) is 0 Å². The van der Waals surface area contributed by atoms with Gasteiger partial charge in [-0.25, -0.2) is 4.98 Å². The van der Waals surface area contributed by atoms with Gasteiger partial charge in [0.15, 0.2) is 6.23 Å². The van der Waals surface area contributed by atoms with E-state index in [9.17, 15) is 13.2 Å². The zero-order valence-electron chi connectivity index (χ0n) is 10.9. The van der Waals surface area contributed by atoms with Crippen molar-refractivity contribution in [3.63, 3.8) is 0 Å². The van der Waals surface area contributed by atoms with E-state index >= 15 is 0 Å². The molecule has 2 fully saturated rings. The number of nitrogens with one attached hydrogen (secondary N) is 1. The number of hydrogen-bond donors (Lipinski definition) is 1. The van der Waals surface area contributed by atoms with Crippen molar-refractivity contribution in [3.8, 4) is 5.88 Å². The van der Waals surface area contributed by atoms with Crippen molar-refractivity contribution in [2.45, 2.75) is 31.3 Å². The summed E-state index contributed by atoms with van der Waals surface area (Å²) >= 11 is 0. The molecule has 3 heterocycles. The third kappa shape index (κ3) is 2.73. The monoisotopic (exact) mass is 287 g/mol. The van der Waals surface area contributed by atoms with E-state index in [1.165, 1.54) is 12.1 Å². The Balaban J connectivity index is 1.74. The number of alkyl halides is 3. The Hall–Kier alpha value is -1.34. The second-order valence-corrected chi connectivity index (χ2v) is 5.10. The third-order valence-electron chi connectivity index (χ3n) is 3.77. The fraction of sp³-hybridized carbons (Fsp3) is 0.615. The molecule has 0 spiro atoms. The molecule has 0 amide bonds. The average Bonchev–Trinajstić information content (AvgIpc) is 2.87. The molecule has 0 aromatic carbocycles. The van der Waals surface area contributed by atoms with Crippen LogP contribution < -0.4 is 10.1 Å². The van der Waals surface area contributed by atoms with Crippen LogP contribution >= 0.6 is 0 Å². The molecule has 7 heteroatoms. The molecule has 2 aliphatic rings. The van der Waals surface area contributed by atoms with Gasteiger partial charge < -0.3 is 4.74 Å². The number of piperazine rings is 1. The standard InChI is InChI=1S/C13H16F3N3O/c14-13(15,16)10-4-1-5-11(18-10)20-12-9-3-2-7-19(9)8-6-17-12/h1,4-5,9,12,17H,2-3,6-8H2. The molecule has 20 heavy (non-hydrogen) atoms. The summed E-state index contributed by atoms with van der Waals surface area (Å²) in [6.45, 7) is 2.77. The van der Waals surface area contributed by atoms with Gasteiger partial charge in [-0.05, 0) is 25.5 Å². The summed E-state index contributed by atoms with van der Waals surface area (Å²) in [7, 11) is 0. The SMILES string of the molecule is FC(F)(F)c1cccc(OC2NCCN3CCCC23)n1. The maximum atomic E-state index is 12.6. The summed E-state index contributed by atoms with van der Waals surface area (Å²) in [4.78, 5) is 5.86. The Morgan fingerprint density at radius 3 is 2.95 bits per heavy atom. The summed E-state index contributed by atoms with van der Waals surface area (Å²) in [6.07, 6.45) is -2.64. The molecule has 2 atom stereocenters. The van der Waals surface area contributed by atoms with Crippen LogP contribution in [0, 0.1) is 0 Å². The first kappa shape index (κ1) is 13.6. The van der Waals surface area contributed by atoms with Crippen LogP contribution in [0.2, 0.25) is 0 Å². The zero-order valence-corrected chi connectivity index (χ0v) is 10.9. The molecule has 0 radical (unpaired) electrons. The van der Waals surface area contributed by atoms with E-state index in [1.54, 1.807) is 0 Å². The number of nitrogens with zero attached hydrogens (tertiary/aromatic N) is 2. The summed E-state index contributed by atoms with van der Waals surface area (Å²) in [5, 5.41) is 3.21. The Kier molecular flexibility index (Phi) is 3.55. The highest BCUT2D eigenvalue weighted by Crippen LogP contribution is 2.29. The number of rotatable bonds is 2. The minimum atomic E-state index is -4.45. The topological polar surface area (TPSA) is 37.4 Å². The minimum Gasteiger partial charge on any atom is -0.457 e. The van der Waals surface area contributed by atoms with Crippen molar-refractivity contribution in [3.05, 3.63) is 23.9 Å². The molecule has 0 aliphatic carbocycles. The van der Waals surface area contributed by atoms with Crippen LogP contribution in [0.5, 0.6) is 5.88 Å². The number of aromatic nitrogens is 1. The van der Waals surface area contributed by atoms with Crippen molar-refractivity contribution in [1.82, 2.24) is 15.2 Å². The maximum Gasteiger partial charge on any atom is 0.433 e. The molecule has 0 bridgehead atoms. The molecule has 2 aliphatic heterocycles. The summed E-state index contributed by atoms with van der Waals surface area (Å²) < 4.78 is 43.5. The molecule has 3 rings (SSSR count). The lowest BCUT2D eigenvalue weighted by Gasteiger charge is -2.36. The van der Waals surface area contributed by atoms with E-state index < -0.39 is 11.9 Å². The Labute approximate surface area is 114 Å². The van der Waals surface area contributed by atoms with Crippen molar-refractivity contribution in [2.24, 2.45) is 0 Å². The van der Waals surface area contributed by atoms with Crippen molar-refractivity contribution in [1.29, 1.82) is 0 Å². The Morgan fingerprint density at radius 2 is 2.15 bits per heavy atom. The molecule has 4 nitrogen and oxygen atoms in total. The van der Waals surface area contributed by atoms with Crippen LogP contribution in [0.1, 0.15) is 18.5 Å². The van der Waals surface area contributed by atoms with Crippen LogP contribution in [0.3, 0.4) is 0 Å². The van der Waals surface area contributed by atoms with E-state index in [-0.39, 0.29) is 18.1 Å². The van der Waals surface area contributed by atoms with Crippen molar-refractivity contribution < 1.29 is 17.9 Å². The molecule has 2 unspecified atom stereocenters. The molecule has 2 saturated heterocycles. The third-order valence-corrected chi connectivity index (χ3v) is 3.77. The number of pyridine rings is 1. The number of hydrogen-bond acceptors (Lipinski definition) is 4. The fourth-order valence-corrected chi connectivity index (χ4v) is 2.85. The summed E-state index contributed by atoms with van der Waals surface area (Å²) in [6, 6.07) is 3.95. The number of fused-ring (bicyclic) bond motifs is 1. The van der Waals surface area contributed by atoms with Crippen molar-refractivity contribution >= 4 is 0 Å². The Bertz CT molecular complexity index is 480. The van der Waals surface area contributed by atoms with Gasteiger partial charge in [0.05, 0.1) is 6.04 Å². The first-order valence-electron chi connectivity index (χ1n) is 6.72. The molecule has 0 saturated carbocycles. The van der Waals surface area contributed by atoms with E-state index in [0.29, 0.717) is 0 Å². The van der Waals surface area contributed by atoms with Crippen LogP contribution in [-0.4, -0.2) is 41.8 Å². The summed E-state index contributed by atoms with van der Waals surface area (Å²) in [5.74, 6) is 0.0195. The normalized spacial score (nSPS) is 27.4. The van der Waals surface area contributed by atoms with E-state index in [2.05, 4.69) is 15.2 Å². The zero-order chi connectivity index (χ0) is 14.2. The lowest BCUT2D eigenvalue weighted by Crippen LogP contribution is -2.57. The second-order valence-electron chi connectivity index (χ2n) is 5.10. The lowest BCUT2D eigenvalue weighted by atomic mass is 10.1. The quantitative estimate of drug-likeness (QED) is 0.901. The first-order chi connectivity index (χ1) is 9.54. The van der Waals surface area contributed by atoms with Gasteiger partial charge in [0.2, 0.25) is 5.88 Å². The average molecular weight is 287 g/mol. The van der Waals surface area contributed by atoms with E-state index in [1.807, 2.05) is 0 Å². The van der Waals surface area contributed by atoms with Crippen LogP contribution in [-0.2, 0) is 6.18 Å². The fourth-order valence-electron chi connectivity index (χ4n) is 2.85. The first-order valence-corrected chi connectivity index (χ1v) is 6.72. The highest BCUT2D eigenvalue weighted by molar-refractivity contribution is 5.18. The van der Waals surface area contributed by atoms with Gasteiger partial charge in [-0.2, -0.15) is 13.2 Å². The second kappa shape index (κ2) is 5.21. The highest BCUT2D eigenvalue weighted by atomic mass is 19.4.